The first-order valence-electron chi connectivity index (χ1n) is 11.7. The van der Waals surface area contributed by atoms with E-state index in [2.05, 4.69) is 31.0 Å². The second-order valence-electron chi connectivity index (χ2n) is 8.77. The molecule has 3 heterocycles. The Kier molecular flexibility index (Phi) is 6.24. The first kappa shape index (κ1) is 25.0. The van der Waals surface area contributed by atoms with Gasteiger partial charge in [-0.1, -0.05) is 35.9 Å². The van der Waals surface area contributed by atoms with Gasteiger partial charge in [-0.2, -0.15) is 5.10 Å². The fourth-order valence-electron chi connectivity index (χ4n) is 4.48. The molecule has 3 aromatic heterocycles. The van der Waals surface area contributed by atoms with Gasteiger partial charge in [-0.15, -0.1) is 0 Å². The number of anilines is 1. The number of benzene rings is 3. The molecular weight excluding hydrogens is 589 g/mol. The van der Waals surface area contributed by atoms with E-state index >= 15 is 0 Å². The van der Waals surface area contributed by atoms with Gasteiger partial charge >= 0.3 is 0 Å². The molecule has 6 aromatic rings. The fourth-order valence-corrected chi connectivity index (χ4v) is 5.20. The van der Waals surface area contributed by atoms with E-state index in [4.69, 9.17) is 22.3 Å². The van der Waals surface area contributed by atoms with Crippen molar-refractivity contribution in [1.82, 2.24) is 29.3 Å². The summed E-state index contributed by atoms with van der Waals surface area (Å²) in [5, 5.41) is 15.7. The summed E-state index contributed by atoms with van der Waals surface area (Å²) in [6.45, 7) is 0.208. The minimum atomic E-state index is -0.805. The van der Waals surface area contributed by atoms with Crippen molar-refractivity contribution < 1.29 is 9.50 Å². The molecule has 3 aromatic carbocycles. The zero-order valence-corrected chi connectivity index (χ0v) is 22.4. The zero-order valence-electron chi connectivity index (χ0n) is 20.0. The lowest BCUT2D eigenvalue weighted by molar-refractivity contribution is 0.432. The molecule has 0 spiro atoms. The van der Waals surface area contributed by atoms with E-state index in [9.17, 15) is 14.3 Å². The molecule has 0 unspecified atom stereocenters. The summed E-state index contributed by atoms with van der Waals surface area (Å²) in [6, 6.07) is 16.5. The van der Waals surface area contributed by atoms with Crippen LogP contribution in [0.3, 0.4) is 0 Å². The lowest BCUT2D eigenvalue weighted by Gasteiger charge is -2.15. The summed E-state index contributed by atoms with van der Waals surface area (Å²) in [4.78, 5) is 27.1. The monoisotopic (exact) mass is 605 g/mol. The van der Waals surface area contributed by atoms with Gasteiger partial charge in [0.15, 0.2) is 17.2 Å². The molecule has 12 heteroatoms. The number of hydrogen-bond donors (Lipinski definition) is 2. The molecule has 3 N–H and O–H groups in total. The van der Waals surface area contributed by atoms with Crippen molar-refractivity contribution in [3.63, 3.8) is 0 Å². The van der Waals surface area contributed by atoms with E-state index < -0.39 is 11.6 Å². The van der Waals surface area contributed by atoms with Crippen molar-refractivity contribution in [1.29, 1.82) is 0 Å². The van der Waals surface area contributed by atoms with Crippen molar-refractivity contribution in [3.8, 4) is 17.0 Å². The Morgan fingerprint density at radius 2 is 1.85 bits per heavy atom. The second kappa shape index (κ2) is 9.75. The highest BCUT2D eigenvalue weighted by molar-refractivity contribution is 9.10. The Bertz CT molecular complexity index is 1970. The molecule has 0 saturated heterocycles. The minimum Gasteiger partial charge on any atom is -0.505 e. The molecule has 0 amide bonds. The first-order valence-corrected chi connectivity index (χ1v) is 12.9. The van der Waals surface area contributed by atoms with Crippen molar-refractivity contribution in [2.45, 2.75) is 13.1 Å². The summed E-state index contributed by atoms with van der Waals surface area (Å²) in [7, 11) is 0. The summed E-state index contributed by atoms with van der Waals surface area (Å²) in [5.74, 6) is -0.739. The molecule has 194 valence electrons. The molecule has 0 aliphatic carbocycles. The maximum absolute atomic E-state index is 14.2. The molecule has 0 aliphatic rings. The zero-order chi connectivity index (χ0) is 27.3. The van der Waals surface area contributed by atoms with Crippen LogP contribution in [0.5, 0.6) is 5.75 Å². The number of rotatable bonds is 5. The molecule has 0 aliphatic heterocycles. The van der Waals surface area contributed by atoms with E-state index in [0.29, 0.717) is 48.5 Å². The standard InChI is InChI=1S/C27H18BrClFN7O2/c28-16-5-3-7-19-22(16)27(39)36(11-15-4-1-2-6-17(15)29)21(34-19)12-37-26-23(25(31)32-13-33-26)24(35-37)14-8-9-20(38)18(30)10-14/h1-10,13,38H,11-12H2,(H2,31,32,33). The van der Waals surface area contributed by atoms with Crippen LogP contribution in [-0.4, -0.2) is 34.4 Å². The van der Waals surface area contributed by atoms with Crippen LogP contribution in [0.1, 0.15) is 11.4 Å². The Morgan fingerprint density at radius 1 is 1.03 bits per heavy atom. The molecule has 6 rings (SSSR count). The minimum absolute atomic E-state index is 0.0374. The van der Waals surface area contributed by atoms with Crippen molar-refractivity contribution in [2.24, 2.45) is 0 Å². The average Bonchev–Trinajstić information content (AvgIpc) is 3.28. The molecular formula is C27H18BrClFN7O2. The second-order valence-corrected chi connectivity index (χ2v) is 10.0. The summed E-state index contributed by atoms with van der Waals surface area (Å²) in [6.07, 6.45) is 1.30. The number of nitrogens with two attached hydrogens (primary N) is 1. The van der Waals surface area contributed by atoms with Crippen LogP contribution in [0, 0.1) is 5.82 Å². The van der Waals surface area contributed by atoms with Gasteiger partial charge in [0.25, 0.3) is 5.56 Å². The average molecular weight is 607 g/mol. The number of nitrogens with zero attached hydrogens (tertiary/aromatic N) is 6. The Morgan fingerprint density at radius 3 is 2.64 bits per heavy atom. The van der Waals surface area contributed by atoms with Crippen LogP contribution in [0.15, 0.2) is 76.3 Å². The summed E-state index contributed by atoms with van der Waals surface area (Å²) >= 11 is 9.91. The molecule has 0 bridgehead atoms. The van der Waals surface area contributed by atoms with Crippen LogP contribution >= 0.6 is 27.5 Å². The first-order chi connectivity index (χ1) is 18.8. The number of fused-ring (bicyclic) bond motifs is 2. The third-order valence-corrected chi connectivity index (χ3v) is 7.40. The highest BCUT2D eigenvalue weighted by Gasteiger charge is 2.21. The molecule has 0 radical (unpaired) electrons. The Labute approximate surface area is 233 Å². The van der Waals surface area contributed by atoms with Gasteiger partial charge in [0, 0.05) is 15.1 Å². The predicted molar refractivity (Wildman–Crippen MR) is 150 cm³/mol. The van der Waals surface area contributed by atoms with Crippen molar-refractivity contribution >= 4 is 55.3 Å². The quantitative estimate of drug-likeness (QED) is 0.278. The van der Waals surface area contributed by atoms with E-state index in [-0.39, 0.29) is 24.5 Å². The van der Waals surface area contributed by atoms with Gasteiger partial charge in [0.05, 0.1) is 22.8 Å². The Balaban J connectivity index is 1.56. The lowest BCUT2D eigenvalue weighted by atomic mass is 10.1. The molecule has 0 fully saturated rings. The van der Waals surface area contributed by atoms with Crippen LogP contribution in [-0.2, 0) is 13.1 Å². The smallest absolute Gasteiger partial charge is 0.262 e. The largest absolute Gasteiger partial charge is 0.505 e. The highest BCUT2D eigenvalue weighted by Crippen LogP contribution is 2.32. The van der Waals surface area contributed by atoms with E-state index in [1.807, 2.05) is 18.2 Å². The topological polar surface area (TPSA) is 125 Å². The number of hydrogen-bond acceptors (Lipinski definition) is 7. The number of phenols is 1. The highest BCUT2D eigenvalue weighted by atomic mass is 79.9. The van der Waals surface area contributed by atoms with Gasteiger partial charge in [-0.25, -0.2) is 24.0 Å². The maximum Gasteiger partial charge on any atom is 0.262 e. The van der Waals surface area contributed by atoms with Crippen molar-refractivity contribution in [2.75, 3.05) is 5.73 Å². The van der Waals surface area contributed by atoms with Crippen LogP contribution in [0.25, 0.3) is 33.2 Å². The van der Waals surface area contributed by atoms with Gasteiger partial charge in [-0.05, 0) is 57.9 Å². The van der Waals surface area contributed by atoms with Crippen LogP contribution in [0.2, 0.25) is 5.02 Å². The maximum atomic E-state index is 14.2. The SMILES string of the molecule is Nc1ncnc2c1c(-c1ccc(O)c(F)c1)nn2Cc1nc2cccc(Br)c2c(=O)n1Cc1ccccc1Cl. The van der Waals surface area contributed by atoms with E-state index in [1.165, 1.54) is 18.5 Å². The Hall–Kier alpha value is -4.35. The fraction of sp³-hybridized carbons (Fsp3) is 0.0741. The van der Waals surface area contributed by atoms with Gasteiger partial charge in [-0.3, -0.25) is 9.36 Å². The molecule has 0 atom stereocenters. The number of nitrogen functional groups attached to an aromatic ring is 1. The molecule has 39 heavy (non-hydrogen) atoms. The number of aromatic hydroxyl groups is 1. The van der Waals surface area contributed by atoms with Gasteiger partial charge < -0.3 is 10.8 Å². The number of aromatic nitrogens is 6. The molecule has 0 saturated carbocycles. The van der Waals surface area contributed by atoms with Crippen LogP contribution in [0.4, 0.5) is 10.2 Å². The normalized spacial score (nSPS) is 11.5. The predicted octanol–water partition coefficient (Wildman–Crippen LogP) is 5.14. The van der Waals surface area contributed by atoms with Gasteiger partial charge in [0.2, 0.25) is 0 Å². The van der Waals surface area contributed by atoms with Crippen LogP contribution < -0.4 is 11.3 Å². The summed E-state index contributed by atoms with van der Waals surface area (Å²) < 4.78 is 17.9. The van der Waals surface area contributed by atoms with E-state index in [1.54, 1.807) is 33.5 Å². The van der Waals surface area contributed by atoms with E-state index in [0.717, 1.165) is 11.6 Å². The lowest BCUT2D eigenvalue weighted by Crippen LogP contribution is -2.28. The number of phenolic OH excluding ortho intramolecular Hbond substituents is 1. The van der Waals surface area contributed by atoms with Gasteiger partial charge in [0.1, 0.15) is 30.2 Å². The summed E-state index contributed by atoms with van der Waals surface area (Å²) in [5.41, 5.74) is 8.26. The third kappa shape index (κ3) is 4.39. The third-order valence-electron chi connectivity index (χ3n) is 6.37. The molecule has 9 nitrogen and oxygen atoms in total. The van der Waals surface area contributed by atoms with Crippen molar-refractivity contribution in [3.05, 3.63) is 104 Å². The number of halogens is 3.